The number of hydrogen-bond donors (Lipinski definition) is 1. The van der Waals surface area contributed by atoms with Gasteiger partial charge in [-0.2, -0.15) is 0 Å². The summed E-state index contributed by atoms with van der Waals surface area (Å²) in [6.07, 6.45) is 1.26. The lowest BCUT2D eigenvalue weighted by Crippen LogP contribution is -2.28. The summed E-state index contributed by atoms with van der Waals surface area (Å²) in [5, 5.41) is 3.48. The number of carbonyl (C=O) groups is 2. The van der Waals surface area contributed by atoms with E-state index in [2.05, 4.69) is 10.3 Å². The van der Waals surface area contributed by atoms with Gasteiger partial charge in [0.2, 0.25) is 5.91 Å². The molecule has 0 spiro atoms. The van der Waals surface area contributed by atoms with E-state index in [1.54, 1.807) is 48.5 Å². The van der Waals surface area contributed by atoms with Crippen LogP contribution in [0, 0.1) is 0 Å². The molecule has 8 heteroatoms. The van der Waals surface area contributed by atoms with E-state index < -0.39 is 11.5 Å². The molecular formula is C23H15Cl2N3O3. The Labute approximate surface area is 187 Å². The first kappa shape index (κ1) is 20.8. The molecule has 1 N–H and O–H groups in total. The minimum Gasteiger partial charge on any atom is -0.324 e. The fraction of sp³-hybridized carbons (Fsp3) is 0.0435. The van der Waals surface area contributed by atoms with Gasteiger partial charge in [-0.1, -0.05) is 65.7 Å². The van der Waals surface area contributed by atoms with Crippen molar-refractivity contribution in [3.63, 3.8) is 0 Å². The van der Waals surface area contributed by atoms with E-state index in [9.17, 15) is 14.4 Å². The molecule has 4 rings (SSSR count). The number of para-hydroxylation sites is 1. The Bertz CT molecular complexity index is 1370. The first-order valence-electron chi connectivity index (χ1n) is 9.27. The Morgan fingerprint density at radius 2 is 1.68 bits per heavy atom. The van der Waals surface area contributed by atoms with Crippen LogP contribution in [0.15, 0.2) is 77.9 Å². The molecule has 154 valence electrons. The molecule has 0 aliphatic rings. The molecular weight excluding hydrogens is 437 g/mol. The predicted molar refractivity (Wildman–Crippen MR) is 121 cm³/mol. The summed E-state index contributed by atoms with van der Waals surface area (Å²) in [7, 11) is 0. The molecule has 6 nitrogen and oxygen atoms in total. The van der Waals surface area contributed by atoms with Gasteiger partial charge in [0.25, 0.3) is 5.56 Å². The number of anilines is 1. The zero-order chi connectivity index (χ0) is 22.0. The number of aromatic nitrogens is 2. The van der Waals surface area contributed by atoms with Gasteiger partial charge in [0.1, 0.15) is 6.54 Å². The van der Waals surface area contributed by atoms with Crippen molar-refractivity contribution in [2.24, 2.45) is 0 Å². The van der Waals surface area contributed by atoms with Gasteiger partial charge in [0, 0.05) is 16.1 Å². The molecule has 0 aliphatic heterocycles. The molecule has 0 atom stereocenters. The van der Waals surface area contributed by atoms with Crippen molar-refractivity contribution in [2.75, 3.05) is 5.32 Å². The predicted octanol–water partition coefficient (Wildman–Crippen LogP) is 4.57. The average molecular weight is 452 g/mol. The van der Waals surface area contributed by atoms with E-state index in [0.29, 0.717) is 27.4 Å². The van der Waals surface area contributed by atoms with Gasteiger partial charge in [-0.05, 0) is 24.3 Å². The highest BCUT2D eigenvalue weighted by molar-refractivity contribution is 6.38. The number of rotatable bonds is 5. The Morgan fingerprint density at radius 1 is 0.968 bits per heavy atom. The van der Waals surface area contributed by atoms with Gasteiger partial charge in [-0.25, -0.2) is 4.98 Å². The lowest BCUT2D eigenvalue weighted by molar-refractivity contribution is -0.116. The van der Waals surface area contributed by atoms with Crippen molar-refractivity contribution in [3.8, 4) is 0 Å². The van der Waals surface area contributed by atoms with Crippen LogP contribution in [0.2, 0.25) is 10.0 Å². The average Bonchev–Trinajstić information content (AvgIpc) is 2.76. The summed E-state index contributed by atoms with van der Waals surface area (Å²) in [5.74, 6) is -0.699. The molecule has 0 bridgehead atoms. The second-order valence-corrected chi connectivity index (χ2v) is 7.59. The fourth-order valence-corrected chi connectivity index (χ4v) is 3.73. The summed E-state index contributed by atoms with van der Waals surface area (Å²) in [5.41, 5.74) is 1.08. The third-order valence-electron chi connectivity index (χ3n) is 4.64. The maximum Gasteiger partial charge on any atom is 0.261 e. The maximum absolute atomic E-state index is 12.8. The number of amides is 1. The molecule has 0 unspecified atom stereocenters. The molecule has 3 aromatic carbocycles. The van der Waals surface area contributed by atoms with E-state index in [-0.39, 0.29) is 22.7 Å². The minimum atomic E-state index is -0.482. The summed E-state index contributed by atoms with van der Waals surface area (Å²) >= 11 is 12.1. The summed E-state index contributed by atoms with van der Waals surface area (Å²) < 4.78 is 1.16. The van der Waals surface area contributed by atoms with Crippen LogP contribution in [-0.4, -0.2) is 21.2 Å². The monoisotopic (exact) mass is 451 g/mol. The molecule has 0 saturated carbocycles. The van der Waals surface area contributed by atoms with Gasteiger partial charge in [-0.3, -0.25) is 19.0 Å². The van der Waals surface area contributed by atoms with E-state index in [4.69, 9.17) is 23.2 Å². The van der Waals surface area contributed by atoms with E-state index in [0.717, 1.165) is 4.57 Å². The number of benzene rings is 3. The first-order valence-corrected chi connectivity index (χ1v) is 10.0. The molecule has 0 aliphatic carbocycles. The summed E-state index contributed by atoms with van der Waals surface area (Å²) in [6.45, 7) is -0.292. The maximum atomic E-state index is 12.8. The zero-order valence-electron chi connectivity index (χ0n) is 16.0. The molecule has 0 radical (unpaired) electrons. The number of halogens is 2. The van der Waals surface area contributed by atoms with Crippen LogP contribution in [0.5, 0.6) is 0 Å². The first-order chi connectivity index (χ1) is 14.9. The van der Waals surface area contributed by atoms with Crippen molar-refractivity contribution >= 4 is 51.5 Å². The third-order valence-corrected chi connectivity index (χ3v) is 5.15. The highest BCUT2D eigenvalue weighted by Crippen LogP contribution is 2.24. The standard InChI is InChI=1S/C23H15Cl2N3O3/c24-15-10-17-21(18(25)11-15)26-13-28(23(17)31)12-20(29)27-19-9-5-4-8-16(19)22(30)14-6-2-1-3-7-14/h1-11,13H,12H2,(H,27,29). The molecule has 4 aromatic rings. The van der Waals surface area contributed by atoms with Crippen LogP contribution in [0.1, 0.15) is 15.9 Å². The fourth-order valence-electron chi connectivity index (χ4n) is 3.19. The van der Waals surface area contributed by atoms with Crippen LogP contribution in [0.25, 0.3) is 10.9 Å². The SMILES string of the molecule is O=C(Cn1cnc2c(Cl)cc(Cl)cc2c1=O)Nc1ccccc1C(=O)c1ccccc1. The van der Waals surface area contributed by atoms with Gasteiger partial charge in [-0.15, -0.1) is 0 Å². The van der Waals surface area contributed by atoms with Crippen LogP contribution in [0.3, 0.4) is 0 Å². The van der Waals surface area contributed by atoms with E-state index >= 15 is 0 Å². The van der Waals surface area contributed by atoms with Crippen molar-refractivity contribution in [2.45, 2.75) is 6.54 Å². The molecule has 1 amide bonds. The molecule has 1 heterocycles. The number of fused-ring (bicyclic) bond motifs is 1. The quantitative estimate of drug-likeness (QED) is 0.450. The molecule has 0 saturated heterocycles. The van der Waals surface area contributed by atoms with Crippen LogP contribution in [-0.2, 0) is 11.3 Å². The Hall–Kier alpha value is -3.48. The number of nitrogens with zero attached hydrogens (tertiary/aromatic N) is 2. The Morgan fingerprint density at radius 3 is 2.45 bits per heavy atom. The van der Waals surface area contributed by atoms with Crippen molar-refractivity contribution < 1.29 is 9.59 Å². The van der Waals surface area contributed by atoms with Crippen molar-refractivity contribution in [3.05, 3.63) is 105 Å². The second kappa shape index (κ2) is 8.71. The van der Waals surface area contributed by atoms with Gasteiger partial charge in [0.05, 0.1) is 27.9 Å². The molecule has 1 aromatic heterocycles. The smallest absolute Gasteiger partial charge is 0.261 e. The van der Waals surface area contributed by atoms with Crippen molar-refractivity contribution in [1.82, 2.24) is 9.55 Å². The minimum absolute atomic E-state index is 0.215. The largest absolute Gasteiger partial charge is 0.324 e. The lowest BCUT2D eigenvalue weighted by atomic mass is 10.0. The summed E-state index contributed by atoms with van der Waals surface area (Å²) in [4.78, 5) is 42.4. The summed E-state index contributed by atoms with van der Waals surface area (Å²) in [6, 6.07) is 18.4. The van der Waals surface area contributed by atoms with Crippen LogP contribution in [0.4, 0.5) is 5.69 Å². The normalized spacial score (nSPS) is 10.8. The van der Waals surface area contributed by atoms with Gasteiger partial charge >= 0.3 is 0 Å². The second-order valence-electron chi connectivity index (χ2n) is 6.75. The number of nitrogens with one attached hydrogen (secondary N) is 1. The zero-order valence-corrected chi connectivity index (χ0v) is 17.5. The number of carbonyl (C=O) groups excluding carboxylic acids is 2. The number of hydrogen-bond acceptors (Lipinski definition) is 4. The lowest BCUT2D eigenvalue weighted by Gasteiger charge is -2.12. The molecule has 31 heavy (non-hydrogen) atoms. The third kappa shape index (κ3) is 4.35. The number of ketones is 1. The topological polar surface area (TPSA) is 81.1 Å². The highest BCUT2D eigenvalue weighted by atomic mass is 35.5. The van der Waals surface area contributed by atoms with Crippen LogP contribution >= 0.6 is 23.2 Å². The van der Waals surface area contributed by atoms with E-state index in [1.807, 2.05) is 6.07 Å². The van der Waals surface area contributed by atoms with E-state index in [1.165, 1.54) is 18.5 Å². The van der Waals surface area contributed by atoms with Crippen molar-refractivity contribution in [1.29, 1.82) is 0 Å². The Balaban J connectivity index is 1.60. The van der Waals surface area contributed by atoms with Crippen LogP contribution < -0.4 is 10.9 Å². The Kier molecular flexibility index (Phi) is 5.84. The highest BCUT2D eigenvalue weighted by Gasteiger charge is 2.16. The van der Waals surface area contributed by atoms with Gasteiger partial charge in [0.15, 0.2) is 5.78 Å². The molecule has 0 fully saturated rings. The van der Waals surface area contributed by atoms with Gasteiger partial charge < -0.3 is 5.32 Å².